The lowest BCUT2D eigenvalue weighted by Crippen LogP contribution is -2.34. The zero-order valence-electron chi connectivity index (χ0n) is 8.40. The molecular weight excluding hydrogens is 186 g/mol. The molecule has 0 bridgehead atoms. The molecule has 0 unspecified atom stereocenters. The van der Waals surface area contributed by atoms with Crippen molar-refractivity contribution in [3.05, 3.63) is 0 Å². The molecule has 0 radical (unpaired) electrons. The van der Waals surface area contributed by atoms with Crippen LogP contribution in [-0.4, -0.2) is 46.7 Å². The molecule has 1 aliphatic rings. The van der Waals surface area contributed by atoms with E-state index in [0.29, 0.717) is 0 Å². The zero-order valence-corrected chi connectivity index (χ0v) is 8.40. The fraction of sp³-hybridized carbons (Fsp3) is 0.778. The molecule has 1 aliphatic heterocycles. The molecular formula is C9H17NO4. The second-order valence-electron chi connectivity index (χ2n) is 3.25. The molecule has 0 amide bonds. The van der Waals surface area contributed by atoms with E-state index in [-0.39, 0.29) is 6.54 Å². The molecule has 0 aromatic rings. The van der Waals surface area contributed by atoms with Gasteiger partial charge in [-0.05, 0) is 25.9 Å². The zero-order chi connectivity index (χ0) is 11.0. The Morgan fingerprint density at radius 2 is 1.57 bits per heavy atom. The number of nitrogens with zero attached hydrogens (tertiary/aromatic N) is 1. The SMILES string of the molecule is CC(=O)O.O=C(O)CN1CCCCC1. The minimum absolute atomic E-state index is 0.222. The number of carbonyl (C=O) groups is 2. The van der Waals surface area contributed by atoms with Crippen LogP contribution in [0.15, 0.2) is 0 Å². The van der Waals surface area contributed by atoms with Crippen LogP contribution in [-0.2, 0) is 9.59 Å². The molecule has 0 aromatic heterocycles. The van der Waals surface area contributed by atoms with Crippen LogP contribution in [0, 0.1) is 0 Å². The van der Waals surface area contributed by atoms with E-state index in [0.717, 1.165) is 32.9 Å². The van der Waals surface area contributed by atoms with E-state index >= 15 is 0 Å². The summed E-state index contributed by atoms with van der Waals surface area (Å²) in [5.74, 6) is -1.54. The lowest BCUT2D eigenvalue weighted by molar-refractivity contribution is -0.138. The molecule has 14 heavy (non-hydrogen) atoms. The number of carboxylic acid groups (broad SMARTS) is 2. The molecule has 0 saturated carbocycles. The second kappa shape index (κ2) is 7.32. The lowest BCUT2D eigenvalue weighted by Gasteiger charge is -2.24. The van der Waals surface area contributed by atoms with Crippen LogP contribution in [0.1, 0.15) is 26.2 Å². The summed E-state index contributed by atoms with van der Waals surface area (Å²) < 4.78 is 0. The summed E-state index contributed by atoms with van der Waals surface area (Å²) in [6.07, 6.45) is 3.58. The highest BCUT2D eigenvalue weighted by molar-refractivity contribution is 5.69. The predicted molar refractivity (Wildman–Crippen MR) is 51.2 cm³/mol. The summed E-state index contributed by atoms with van der Waals surface area (Å²) >= 11 is 0. The first-order valence-electron chi connectivity index (χ1n) is 4.66. The monoisotopic (exact) mass is 203 g/mol. The molecule has 1 fully saturated rings. The molecule has 1 heterocycles. The van der Waals surface area contributed by atoms with Gasteiger partial charge in [-0.3, -0.25) is 14.5 Å². The van der Waals surface area contributed by atoms with E-state index in [1.165, 1.54) is 6.42 Å². The van der Waals surface area contributed by atoms with Gasteiger partial charge in [0.25, 0.3) is 5.97 Å². The quantitative estimate of drug-likeness (QED) is 0.689. The average molecular weight is 203 g/mol. The Kier molecular flexibility index (Phi) is 6.74. The standard InChI is InChI=1S/C7H13NO2.C2H4O2/c9-7(10)6-8-4-2-1-3-5-8;1-2(3)4/h1-6H2,(H,9,10);1H3,(H,3,4). The largest absolute Gasteiger partial charge is 0.481 e. The minimum atomic E-state index is -0.833. The van der Waals surface area contributed by atoms with E-state index in [1.807, 2.05) is 4.90 Å². The van der Waals surface area contributed by atoms with Gasteiger partial charge in [0, 0.05) is 6.92 Å². The van der Waals surface area contributed by atoms with Crippen LogP contribution >= 0.6 is 0 Å². The van der Waals surface area contributed by atoms with Crippen LogP contribution in [0.5, 0.6) is 0 Å². The Bertz CT molecular complexity index is 183. The number of carboxylic acids is 2. The number of likely N-dealkylation sites (tertiary alicyclic amines) is 1. The highest BCUT2D eigenvalue weighted by atomic mass is 16.4. The third-order valence-electron chi connectivity index (χ3n) is 1.81. The Labute approximate surface area is 83.3 Å². The number of rotatable bonds is 2. The van der Waals surface area contributed by atoms with E-state index < -0.39 is 11.9 Å². The fourth-order valence-electron chi connectivity index (χ4n) is 1.31. The van der Waals surface area contributed by atoms with Gasteiger partial charge in [0.05, 0.1) is 6.54 Å². The van der Waals surface area contributed by atoms with Crippen LogP contribution in [0.2, 0.25) is 0 Å². The first-order chi connectivity index (χ1) is 6.52. The van der Waals surface area contributed by atoms with Crippen LogP contribution < -0.4 is 0 Å². The minimum Gasteiger partial charge on any atom is -0.481 e. The van der Waals surface area contributed by atoms with Gasteiger partial charge in [-0.2, -0.15) is 0 Å². The average Bonchev–Trinajstić information content (AvgIpc) is 2.03. The van der Waals surface area contributed by atoms with Crippen molar-refractivity contribution in [3.63, 3.8) is 0 Å². The highest BCUT2D eigenvalue weighted by Gasteiger charge is 2.11. The Balaban J connectivity index is 0.000000364. The van der Waals surface area contributed by atoms with Gasteiger partial charge < -0.3 is 10.2 Å². The van der Waals surface area contributed by atoms with Crippen molar-refractivity contribution in [2.24, 2.45) is 0 Å². The maximum atomic E-state index is 10.2. The Morgan fingerprint density at radius 1 is 1.14 bits per heavy atom. The van der Waals surface area contributed by atoms with Crippen molar-refractivity contribution in [1.82, 2.24) is 4.90 Å². The molecule has 0 aliphatic carbocycles. The number of hydrogen-bond donors (Lipinski definition) is 2. The molecule has 1 saturated heterocycles. The van der Waals surface area contributed by atoms with Gasteiger partial charge in [0.2, 0.25) is 0 Å². The normalized spacial score (nSPS) is 16.6. The molecule has 0 spiro atoms. The van der Waals surface area contributed by atoms with Gasteiger partial charge in [0.15, 0.2) is 0 Å². The summed E-state index contributed by atoms with van der Waals surface area (Å²) in [7, 11) is 0. The van der Waals surface area contributed by atoms with Crippen LogP contribution in [0.3, 0.4) is 0 Å². The molecule has 0 atom stereocenters. The molecule has 5 heteroatoms. The van der Waals surface area contributed by atoms with Gasteiger partial charge in [0.1, 0.15) is 0 Å². The highest BCUT2D eigenvalue weighted by Crippen LogP contribution is 2.07. The third kappa shape index (κ3) is 8.99. The smallest absolute Gasteiger partial charge is 0.317 e. The van der Waals surface area contributed by atoms with Crippen molar-refractivity contribution in [1.29, 1.82) is 0 Å². The molecule has 5 nitrogen and oxygen atoms in total. The maximum Gasteiger partial charge on any atom is 0.317 e. The van der Waals surface area contributed by atoms with Crippen molar-refractivity contribution < 1.29 is 19.8 Å². The number of hydrogen-bond acceptors (Lipinski definition) is 3. The van der Waals surface area contributed by atoms with Gasteiger partial charge >= 0.3 is 5.97 Å². The molecule has 2 N–H and O–H groups in total. The van der Waals surface area contributed by atoms with Crippen molar-refractivity contribution in [2.45, 2.75) is 26.2 Å². The Morgan fingerprint density at radius 3 is 1.93 bits per heavy atom. The molecule has 1 rings (SSSR count). The van der Waals surface area contributed by atoms with Crippen LogP contribution in [0.25, 0.3) is 0 Å². The first kappa shape index (κ1) is 12.9. The van der Waals surface area contributed by atoms with Crippen LogP contribution in [0.4, 0.5) is 0 Å². The third-order valence-corrected chi connectivity index (χ3v) is 1.81. The predicted octanol–water partition coefficient (Wildman–Crippen LogP) is 0.648. The van der Waals surface area contributed by atoms with Gasteiger partial charge in [-0.25, -0.2) is 0 Å². The van der Waals surface area contributed by atoms with Gasteiger partial charge in [-0.1, -0.05) is 6.42 Å². The lowest BCUT2D eigenvalue weighted by atomic mass is 10.1. The van der Waals surface area contributed by atoms with Crippen molar-refractivity contribution in [2.75, 3.05) is 19.6 Å². The molecule has 82 valence electrons. The van der Waals surface area contributed by atoms with Crippen molar-refractivity contribution >= 4 is 11.9 Å². The Hall–Kier alpha value is -1.10. The summed E-state index contributed by atoms with van der Waals surface area (Å²) in [6.45, 7) is 3.23. The summed E-state index contributed by atoms with van der Waals surface area (Å²) in [5.41, 5.74) is 0. The summed E-state index contributed by atoms with van der Waals surface area (Å²) in [5, 5.41) is 15.8. The van der Waals surface area contributed by atoms with E-state index in [1.54, 1.807) is 0 Å². The van der Waals surface area contributed by atoms with E-state index in [4.69, 9.17) is 15.0 Å². The first-order valence-corrected chi connectivity index (χ1v) is 4.66. The van der Waals surface area contributed by atoms with Crippen molar-refractivity contribution in [3.8, 4) is 0 Å². The summed E-state index contributed by atoms with van der Waals surface area (Å²) in [4.78, 5) is 21.2. The van der Waals surface area contributed by atoms with E-state index in [2.05, 4.69) is 0 Å². The van der Waals surface area contributed by atoms with E-state index in [9.17, 15) is 4.79 Å². The molecule has 0 aromatic carbocycles. The number of aliphatic carboxylic acids is 2. The summed E-state index contributed by atoms with van der Waals surface area (Å²) in [6, 6.07) is 0. The second-order valence-corrected chi connectivity index (χ2v) is 3.25. The maximum absolute atomic E-state index is 10.2. The number of piperidine rings is 1. The van der Waals surface area contributed by atoms with Gasteiger partial charge in [-0.15, -0.1) is 0 Å². The fourth-order valence-corrected chi connectivity index (χ4v) is 1.31. The topological polar surface area (TPSA) is 77.8 Å².